The number of Topliss-reactive ketones (excluding diaryl/α,β-unsaturated/α-hetero) is 1. The van der Waals surface area contributed by atoms with Gasteiger partial charge in [0, 0.05) is 11.3 Å². The summed E-state index contributed by atoms with van der Waals surface area (Å²) in [6.07, 6.45) is 2.99. The third kappa shape index (κ3) is 6.00. The molecule has 2 rings (SSSR count). The number of benzene rings is 2. The van der Waals surface area contributed by atoms with Gasteiger partial charge in [-0.15, -0.1) is 0 Å². The molecule has 0 aliphatic carbocycles. The van der Waals surface area contributed by atoms with Gasteiger partial charge in [-0.05, 0) is 30.2 Å². The molecule has 0 atom stereocenters. The first-order valence-electron chi connectivity index (χ1n) is 8.15. The lowest BCUT2D eigenvalue weighted by atomic mass is 10.1. The average molecular weight is 375 g/mol. The van der Waals surface area contributed by atoms with Crippen molar-refractivity contribution in [2.75, 3.05) is 17.6 Å². The van der Waals surface area contributed by atoms with Gasteiger partial charge in [-0.2, -0.15) is 0 Å². The summed E-state index contributed by atoms with van der Waals surface area (Å²) in [5, 5.41) is 0. The van der Waals surface area contributed by atoms with Crippen LogP contribution in [0.2, 0.25) is 0 Å². The van der Waals surface area contributed by atoms with Crippen LogP contribution in [-0.4, -0.2) is 33.0 Å². The molecule has 2 aromatic rings. The number of carbonyl (C=O) groups excluding carboxylic acids is 2. The van der Waals surface area contributed by atoms with Gasteiger partial charge in [0.05, 0.1) is 11.8 Å². The van der Waals surface area contributed by atoms with Gasteiger partial charge >= 0.3 is 5.97 Å². The minimum atomic E-state index is -3.45. The van der Waals surface area contributed by atoms with E-state index in [0.29, 0.717) is 5.56 Å². The standard InChI is InChI=1S/C19H21NO5S/c1-3-5-14-8-10-15(11-9-14)18(21)13-25-19(22)16-6-4-7-17(12-16)20-26(2,23)24/h4,6-12,20H,3,5,13H2,1-2H3. The third-order valence-corrected chi connectivity index (χ3v) is 4.16. The van der Waals surface area contributed by atoms with Gasteiger partial charge < -0.3 is 4.74 Å². The number of sulfonamides is 1. The highest BCUT2D eigenvalue weighted by atomic mass is 32.2. The normalized spacial score (nSPS) is 11.0. The highest BCUT2D eigenvalue weighted by molar-refractivity contribution is 7.92. The zero-order valence-corrected chi connectivity index (χ0v) is 15.5. The molecule has 7 heteroatoms. The van der Waals surface area contributed by atoms with Gasteiger partial charge in [-0.1, -0.05) is 43.7 Å². The van der Waals surface area contributed by atoms with Crippen molar-refractivity contribution in [1.82, 2.24) is 0 Å². The summed E-state index contributed by atoms with van der Waals surface area (Å²) in [4.78, 5) is 24.2. The summed E-state index contributed by atoms with van der Waals surface area (Å²) in [5.74, 6) is -0.995. The molecule has 0 amide bonds. The molecule has 0 spiro atoms. The van der Waals surface area contributed by atoms with Crippen molar-refractivity contribution >= 4 is 27.5 Å². The maximum atomic E-state index is 12.1. The van der Waals surface area contributed by atoms with E-state index in [-0.39, 0.29) is 23.6 Å². The second-order valence-electron chi connectivity index (χ2n) is 5.90. The Labute approximate surface area is 153 Å². The van der Waals surface area contributed by atoms with Crippen LogP contribution < -0.4 is 4.72 Å². The lowest BCUT2D eigenvalue weighted by molar-refractivity contribution is 0.0475. The van der Waals surface area contributed by atoms with Crippen molar-refractivity contribution in [3.63, 3.8) is 0 Å². The fraction of sp³-hybridized carbons (Fsp3) is 0.263. The molecule has 0 saturated carbocycles. The fourth-order valence-electron chi connectivity index (χ4n) is 2.37. The van der Waals surface area contributed by atoms with Gasteiger partial charge in [0.2, 0.25) is 10.0 Å². The van der Waals surface area contributed by atoms with E-state index in [1.807, 2.05) is 12.1 Å². The van der Waals surface area contributed by atoms with Crippen molar-refractivity contribution in [2.24, 2.45) is 0 Å². The average Bonchev–Trinajstić information content (AvgIpc) is 2.59. The molecule has 1 N–H and O–H groups in total. The summed E-state index contributed by atoms with van der Waals surface area (Å²) in [6, 6.07) is 13.1. The lowest BCUT2D eigenvalue weighted by Crippen LogP contribution is -2.15. The largest absolute Gasteiger partial charge is 0.454 e. The number of anilines is 1. The Balaban J connectivity index is 1.97. The van der Waals surface area contributed by atoms with Crippen molar-refractivity contribution in [1.29, 1.82) is 0 Å². The summed E-state index contributed by atoms with van der Waals surface area (Å²) in [7, 11) is -3.45. The molecule has 138 valence electrons. The lowest BCUT2D eigenvalue weighted by Gasteiger charge is -2.07. The van der Waals surface area contributed by atoms with Crippen LogP contribution in [0, 0.1) is 0 Å². The molecule has 0 saturated heterocycles. The van der Waals surface area contributed by atoms with Crippen LogP contribution in [-0.2, 0) is 21.2 Å². The highest BCUT2D eigenvalue weighted by Crippen LogP contribution is 2.13. The van der Waals surface area contributed by atoms with E-state index in [2.05, 4.69) is 11.6 Å². The number of hydrogen-bond acceptors (Lipinski definition) is 5. The van der Waals surface area contributed by atoms with E-state index in [9.17, 15) is 18.0 Å². The molecule has 0 aromatic heterocycles. The van der Waals surface area contributed by atoms with E-state index >= 15 is 0 Å². The molecule has 0 aliphatic rings. The Bertz CT molecular complexity index is 888. The van der Waals surface area contributed by atoms with Crippen molar-refractivity contribution < 1.29 is 22.7 Å². The Kier molecular flexibility index (Phi) is 6.52. The van der Waals surface area contributed by atoms with E-state index in [0.717, 1.165) is 24.7 Å². The van der Waals surface area contributed by atoms with E-state index in [1.165, 1.54) is 24.3 Å². The fourth-order valence-corrected chi connectivity index (χ4v) is 2.92. The molecule has 0 radical (unpaired) electrons. The molecule has 0 unspecified atom stereocenters. The zero-order valence-electron chi connectivity index (χ0n) is 14.7. The van der Waals surface area contributed by atoms with Crippen LogP contribution in [0.25, 0.3) is 0 Å². The first-order chi connectivity index (χ1) is 12.3. The number of rotatable bonds is 8. The molecule has 0 heterocycles. The van der Waals surface area contributed by atoms with Gasteiger partial charge in [-0.25, -0.2) is 13.2 Å². The summed E-state index contributed by atoms with van der Waals surface area (Å²) in [5.41, 5.74) is 2.03. The molecule has 2 aromatic carbocycles. The molecule has 0 aliphatic heterocycles. The van der Waals surface area contributed by atoms with Crippen LogP contribution in [0.5, 0.6) is 0 Å². The van der Waals surface area contributed by atoms with E-state index < -0.39 is 16.0 Å². The van der Waals surface area contributed by atoms with Crippen molar-refractivity contribution in [2.45, 2.75) is 19.8 Å². The summed E-state index contributed by atoms with van der Waals surface area (Å²) >= 11 is 0. The number of ketones is 1. The Morgan fingerprint density at radius 3 is 2.35 bits per heavy atom. The first kappa shape index (κ1) is 19.7. The SMILES string of the molecule is CCCc1ccc(C(=O)COC(=O)c2cccc(NS(C)(=O)=O)c2)cc1. The van der Waals surface area contributed by atoms with E-state index in [1.54, 1.807) is 12.1 Å². The minimum Gasteiger partial charge on any atom is -0.454 e. The number of esters is 1. The minimum absolute atomic E-state index is 0.157. The maximum absolute atomic E-state index is 12.1. The van der Waals surface area contributed by atoms with Crippen LogP contribution >= 0.6 is 0 Å². The predicted octanol–water partition coefficient (Wildman–Crippen LogP) is 3.05. The first-order valence-corrected chi connectivity index (χ1v) is 10.0. The topological polar surface area (TPSA) is 89.5 Å². The maximum Gasteiger partial charge on any atom is 0.338 e. The molecular formula is C19H21NO5S. The van der Waals surface area contributed by atoms with Gasteiger partial charge in [0.25, 0.3) is 0 Å². The Morgan fingerprint density at radius 2 is 1.73 bits per heavy atom. The monoisotopic (exact) mass is 375 g/mol. The number of carbonyl (C=O) groups is 2. The van der Waals surface area contributed by atoms with Gasteiger partial charge in [0.1, 0.15) is 0 Å². The second-order valence-corrected chi connectivity index (χ2v) is 7.65. The van der Waals surface area contributed by atoms with Crippen LogP contribution in [0.3, 0.4) is 0 Å². The van der Waals surface area contributed by atoms with Crippen molar-refractivity contribution in [3.05, 3.63) is 65.2 Å². The summed E-state index contributed by atoms with van der Waals surface area (Å²) in [6.45, 7) is 1.70. The molecule has 0 bridgehead atoms. The third-order valence-electron chi connectivity index (χ3n) is 3.55. The van der Waals surface area contributed by atoms with Gasteiger partial charge in [0.15, 0.2) is 12.4 Å². The predicted molar refractivity (Wildman–Crippen MR) is 100.0 cm³/mol. The van der Waals surface area contributed by atoms with E-state index in [4.69, 9.17) is 4.74 Å². The number of hydrogen-bond donors (Lipinski definition) is 1. The zero-order chi connectivity index (χ0) is 19.2. The van der Waals surface area contributed by atoms with Gasteiger partial charge in [-0.3, -0.25) is 9.52 Å². The molecule has 0 fully saturated rings. The van der Waals surface area contributed by atoms with Crippen LogP contribution in [0.15, 0.2) is 48.5 Å². The molecule has 26 heavy (non-hydrogen) atoms. The smallest absolute Gasteiger partial charge is 0.338 e. The quantitative estimate of drug-likeness (QED) is 0.566. The highest BCUT2D eigenvalue weighted by Gasteiger charge is 2.13. The molecule has 6 nitrogen and oxygen atoms in total. The molecular weight excluding hydrogens is 354 g/mol. The second kappa shape index (κ2) is 8.62. The Hall–Kier alpha value is -2.67. The summed E-state index contributed by atoms with van der Waals surface area (Å²) < 4.78 is 29.8. The van der Waals surface area contributed by atoms with Crippen LogP contribution in [0.4, 0.5) is 5.69 Å². The van der Waals surface area contributed by atoms with Crippen LogP contribution in [0.1, 0.15) is 39.6 Å². The number of ether oxygens (including phenoxy) is 1. The van der Waals surface area contributed by atoms with Crippen molar-refractivity contribution in [3.8, 4) is 0 Å². The number of nitrogens with one attached hydrogen (secondary N) is 1. The number of aryl methyl sites for hydroxylation is 1. The Morgan fingerprint density at radius 1 is 1.04 bits per heavy atom.